The summed E-state index contributed by atoms with van der Waals surface area (Å²) < 4.78 is 6.98. The molecule has 22 heavy (non-hydrogen) atoms. The lowest BCUT2D eigenvalue weighted by atomic mass is 10.0. The molecule has 0 bridgehead atoms. The van der Waals surface area contributed by atoms with Crippen LogP contribution >= 0.6 is 0 Å². The molecule has 2 aromatic rings. The lowest BCUT2D eigenvalue weighted by Crippen LogP contribution is -2.33. The number of ether oxygens (including phenoxy) is 1. The first kappa shape index (κ1) is 14.8. The van der Waals surface area contributed by atoms with Crippen LogP contribution in [-0.2, 0) is 11.8 Å². The zero-order valence-electron chi connectivity index (χ0n) is 12.8. The lowest BCUT2D eigenvalue weighted by Gasteiger charge is -2.22. The van der Waals surface area contributed by atoms with E-state index in [0.29, 0.717) is 18.2 Å². The fourth-order valence-corrected chi connectivity index (χ4v) is 2.71. The third-order valence-corrected chi connectivity index (χ3v) is 4.07. The molecule has 1 amide bonds. The van der Waals surface area contributed by atoms with Crippen LogP contribution in [0.5, 0.6) is 0 Å². The second-order valence-corrected chi connectivity index (χ2v) is 5.67. The number of nitrogens with zero attached hydrogens (tertiary/aromatic N) is 2. The molecule has 0 aliphatic carbocycles. The maximum atomic E-state index is 12.3. The number of rotatable bonds is 4. The fraction of sp³-hybridized carbons (Fsp3) is 0.412. The molecular weight excluding hydrogens is 278 g/mol. The molecule has 116 valence electrons. The molecule has 1 fully saturated rings. The molecule has 5 nitrogen and oxygen atoms in total. The van der Waals surface area contributed by atoms with Crippen molar-refractivity contribution in [1.29, 1.82) is 0 Å². The highest BCUT2D eigenvalue weighted by molar-refractivity contribution is 5.93. The molecule has 1 aliphatic rings. The molecule has 1 N–H and O–H groups in total. The van der Waals surface area contributed by atoms with Gasteiger partial charge in [0, 0.05) is 32.4 Å². The number of aryl methyl sites for hydroxylation is 1. The molecule has 1 aromatic carbocycles. The Morgan fingerprint density at radius 1 is 1.32 bits per heavy atom. The van der Waals surface area contributed by atoms with Crippen LogP contribution in [0.4, 0.5) is 0 Å². The molecule has 3 rings (SSSR count). The van der Waals surface area contributed by atoms with Crippen LogP contribution < -0.4 is 5.32 Å². The van der Waals surface area contributed by atoms with Gasteiger partial charge in [0.1, 0.15) is 5.69 Å². The summed E-state index contributed by atoms with van der Waals surface area (Å²) in [5, 5.41) is 7.45. The van der Waals surface area contributed by atoms with Crippen molar-refractivity contribution in [1.82, 2.24) is 15.1 Å². The average Bonchev–Trinajstić information content (AvgIpc) is 2.96. The highest BCUT2D eigenvalue weighted by Gasteiger charge is 2.18. The normalized spacial score (nSPS) is 15.7. The third-order valence-electron chi connectivity index (χ3n) is 4.07. The first-order valence-electron chi connectivity index (χ1n) is 7.69. The SMILES string of the molecule is Cn1nc(-c2ccccc2)cc1C(=O)NCC1CCOCC1. The maximum Gasteiger partial charge on any atom is 0.269 e. The molecule has 1 aliphatic heterocycles. The van der Waals surface area contributed by atoms with Gasteiger partial charge in [-0.15, -0.1) is 0 Å². The van der Waals surface area contributed by atoms with Crippen molar-refractivity contribution in [2.24, 2.45) is 13.0 Å². The van der Waals surface area contributed by atoms with Crippen LogP contribution in [0.2, 0.25) is 0 Å². The van der Waals surface area contributed by atoms with Gasteiger partial charge in [-0.25, -0.2) is 0 Å². The van der Waals surface area contributed by atoms with Gasteiger partial charge >= 0.3 is 0 Å². The zero-order valence-corrected chi connectivity index (χ0v) is 12.8. The van der Waals surface area contributed by atoms with Gasteiger partial charge in [0.15, 0.2) is 0 Å². The van der Waals surface area contributed by atoms with Gasteiger partial charge in [0.2, 0.25) is 0 Å². The van der Waals surface area contributed by atoms with Crippen molar-refractivity contribution < 1.29 is 9.53 Å². The summed E-state index contributed by atoms with van der Waals surface area (Å²) in [6.45, 7) is 2.29. The number of aromatic nitrogens is 2. The van der Waals surface area contributed by atoms with E-state index in [9.17, 15) is 4.79 Å². The summed E-state index contributed by atoms with van der Waals surface area (Å²) in [5.41, 5.74) is 2.42. The van der Waals surface area contributed by atoms with E-state index < -0.39 is 0 Å². The number of amides is 1. The van der Waals surface area contributed by atoms with E-state index in [1.807, 2.05) is 36.4 Å². The second-order valence-electron chi connectivity index (χ2n) is 5.67. The van der Waals surface area contributed by atoms with Crippen LogP contribution in [0, 0.1) is 5.92 Å². The first-order chi connectivity index (χ1) is 10.7. The highest BCUT2D eigenvalue weighted by atomic mass is 16.5. The Morgan fingerprint density at radius 3 is 2.77 bits per heavy atom. The zero-order chi connectivity index (χ0) is 15.4. The van der Waals surface area contributed by atoms with Crippen molar-refractivity contribution in [3.05, 3.63) is 42.1 Å². The van der Waals surface area contributed by atoms with E-state index in [1.165, 1.54) is 0 Å². The number of nitrogens with one attached hydrogen (secondary N) is 1. The smallest absolute Gasteiger partial charge is 0.269 e. The molecule has 0 radical (unpaired) electrons. The van der Waals surface area contributed by atoms with Crippen molar-refractivity contribution in [3.8, 4) is 11.3 Å². The molecule has 0 atom stereocenters. The van der Waals surface area contributed by atoms with E-state index in [0.717, 1.165) is 37.3 Å². The molecule has 1 saturated heterocycles. The van der Waals surface area contributed by atoms with E-state index in [1.54, 1.807) is 11.7 Å². The summed E-state index contributed by atoms with van der Waals surface area (Å²) in [4.78, 5) is 12.3. The van der Waals surface area contributed by atoms with Crippen LogP contribution in [0.25, 0.3) is 11.3 Å². The predicted octanol–water partition coefficient (Wildman–Crippen LogP) is 2.24. The van der Waals surface area contributed by atoms with Crippen molar-refractivity contribution in [2.75, 3.05) is 19.8 Å². The van der Waals surface area contributed by atoms with Gasteiger partial charge in [-0.05, 0) is 24.8 Å². The monoisotopic (exact) mass is 299 g/mol. The van der Waals surface area contributed by atoms with Gasteiger partial charge in [-0.1, -0.05) is 30.3 Å². The standard InChI is InChI=1S/C17H21N3O2/c1-20-16(11-15(19-20)14-5-3-2-4-6-14)17(21)18-12-13-7-9-22-10-8-13/h2-6,11,13H,7-10,12H2,1H3,(H,18,21). The molecule has 2 heterocycles. The summed E-state index contributed by atoms with van der Waals surface area (Å²) in [6.07, 6.45) is 2.03. The molecule has 0 spiro atoms. The number of carbonyl (C=O) groups is 1. The minimum atomic E-state index is -0.0660. The summed E-state index contributed by atoms with van der Waals surface area (Å²) in [5.74, 6) is 0.447. The second kappa shape index (κ2) is 6.75. The molecule has 5 heteroatoms. The van der Waals surface area contributed by atoms with E-state index in [2.05, 4.69) is 10.4 Å². The Labute approximate surface area is 130 Å². The minimum absolute atomic E-state index is 0.0660. The topological polar surface area (TPSA) is 56.2 Å². The van der Waals surface area contributed by atoms with E-state index in [4.69, 9.17) is 4.74 Å². The summed E-state index contributed by atoms with van der Waals surface area (Å²) >= 11 is 0. The third kappa shape index (κ3) is 3.36. The quantitative estimate of drug-likeness (QED) is 0.942. The van der Waals surface area contributed by atoms with Gasteiger partial charge in [-0.2, -0.15) is 5.10 Å². The lowest BCUT2D eigenvalue weighted by molar-refractivity contribution is 0.0641. The maximum absolute atomic E-state index is 12.3. The Morgan fingerprint density at radius 2 is 2.05 bits per heavy atom. The number of benzene rings is 1. The van der Waals surface area contributed by atoms with Crippen molar-refractivity contribution in [2.45, 2.75) is 12.8 Å². The van der Waals surface area contributed by atoms with Crippen LogP contribution in [0.1, 0.15) is 23.3 Å². The van der Waals surface area contributed by atoms with E-state index in [-0.39, 0.29) is 5.91 Å². The highest BCUT2D eigenvalue weighted by Crippen LogP contribution is 2.18. The van der Waals surface area contributed by atoms with Crippen LogP contribution in [-0.4, -0.2) is 35.4 Å². The van der Waals surface area contributed by atoms with Crippen molar-refractivity contribution in [3.63, 3.8) is 0 Å². The summed E-state index contributed by atoms with van der Waals surface area (Å²) in [7, 11) is 1.80. The van der Waals surface area contributed by atoms with Crippen LogP contribution in [0.15, 0.2) is 36.4 Å². The summed E-state index contributed by atoms with van der Waals surface area (Å²) in [6, 6.07) is 11.7. The number of hydrogen-bond donors (Lipinski definition) is 1. The van der Waals surface area contributed by atoms with Gasteiger partial charge in [0.25, 0.3) is 5.91 Å². The Balaban J connectivity index is 1.66. The van der Waals surface area contributed by atoms with Crippen molar-refractivity contribution >= 4 is 5.91 Å². The van der Waals surface area contributed by atoms with Gasteiger partial charge in [-0.3, -0.25) is 9.48 Å². The Kier molecular flexibility index (Phi) is 4.53. The Hall–Kier alpha value is -2.14. The first-order valence-corrected chi connectivity index (χ1v) is 7.69. The number of hydrogen-bond acceptors (Lipinski definition) is 3. The predicted molar refractivity (Wildman–Crippen MR) is 84.5 cm³/mol. The Bertz CT molecular complexity index is 631. The molecular formula is C17H21N3O2. The molecule has 0 unspecified atom stereocenters. The fourth-order valence-electron chi connectivity index (χ4n) is 2.71. The van der Waals surface area contributed by atoms with Gasteiger partial charge in [0.05, 0.1) is 5.69 Å². The average molecular weight is 299 g/mol. The molecule has 1 aromatic heterocycles. The minimum Gasteiger partial charge on any atom is -0.381 e. The van der Waals surface area contributed by atoms with Gasteiger partial charge < -0.3 is 10.1 Å². The molecule has 0 saturated carbocycles. The number of carbonyl (C=O) groups excluding carboxylic acids is 1. The van der Waals surface area contributed by atoms with Crippen LogP contribution in [0.3, 0.4) is 0 Å². The largest absolute Gasteiger partial charge is 0.381 e. The van der Waals surface area contributed by atoms with E-state index >= 15 is 0 Å².